The average molecular weight is 243 g/mol. The van der Waals surface area contributed by atoms with Crippen molar-refractivity contribution in [2.75, 3.05) is 6.54 Å². The van der Waals surface area contributed by atoms with E-state index in [4.69, 9.17) is 5.11 Å². The van der Waals surface area contributed by atoms with Gasteiger partial charge in [-0.05, 0) is 18.5 Å². The second-order valence-corrected chi connectivity index (χ2v) is 4.22. The summed E-state index contributed by atoms with van der Waals surface area (Å²) in [5.74, 6) is -3.17. The summed E-state index contributed by atoms with van der Waals surface area (Å²) in [6, 6.07) is 2.29. The lowest BCUT2D eigenvalue weighted by Crippen LogP contribution is -2.32. The van der Waals surface area contributed by atoms with Gasteiger partial charge in [-0.3, -0.25) is 4.79 Å². The first-order chi connectivity index (χ1) is 7.93. The lowest BCUT2D eigenvalue weighted by atomic mass is 10.1. The molecule has 5 heteroatoms. The minimum absolute atomic E-state index is 0.182. The van der Waals surface area contributed by atoms with Gasteiger partial charge in [-0.15, -0.1) is 0 Å². The normalized spacial score (nSPS) is 12.8. The van der Waals surface area contributed by atoms with Crippen LogP contribution in [0.3, 0.4) is 0 Å². The molecule has 0 radical (unpaired) electrons. The maximum atomic E-state index is 13.5. The summed E-state index contributed by atoms with van der Waals surface area (Å²) < 4.78 is 26.5. The molecular formula is C12H15F2NO2. The zero-order valence-corrected chi connectivity index (χ0v) is 9.71. The van der Waals surface area contributed by atoms with Crippen LogP contribution < -0.4 is 5.32 Å². The Kier molecular flexibility index (Phi) is 4.57. The Morgan fingerprint density at radius 3 is 2.59 bits per heavy atom. The predicted octanol–water partition coefficient (Wildman–Crippen LogP) is 2.34. The van der Waals surface area contributed by atoms with Crippen LogP contribution in [0.1, 0.15) is 25.5 Å². The van der Waals surface area contributed by atoms with Crippen LogP contribution in [-0.2, 0) is 4.79 Å². The number of aliphatic carboxylic acids is 1. The lowest BCUT2D eigenvalue weighted by molar-refractivity contribution is -0.139. The maximum absolute atomic E-state index is 13.5. The summed E-state index contributed by atoms with van der Waals surface area (Å²) in [6.45, 7) is 4.20. The van der Waals surface area contributed by atoms with Crippen LogP contribution in [0.5, 0.6) is 0 Å². The number of nitrogens with one attached hydrogen (secondary N) is 1. The van der Waals surface area contributed by atoms with Crippen LogP contribution in [0, 0.1) is 17.6 Å². The zero-order valence-electron chi connectivity index (χ0n) is 9.71. The molecular weight excluding hydrogens is 228 g/mol. The van der Waals surface area contributed by atoms with E-state index in [9.17, 15) is 13.6 Å². The average Bonchev–Trinajstić information content (AvgIpc) is 2.23. The van der Waals surface area contributed by atoms with E-state index >= 15 is 0 Å². The van der Waals surface area contributed by atoms with E-state index in [0.717, 1.165) is 6.07 Å². The molecule has 0 aliphatic rings. The molecule has 2 N–H and O–H groups in total. The zero-order chi connectivity index (χ0) is 13.0. The highest BCUT2D eigenvalue weighted by atomic mass is 19.2. The first kappa shape index (κ1) is 13.6. The van der Waals surface area contributed by atoms with E-state index in [1.807, 2.05) is 13.8 Å². The first-order valence-electron chi connectivity index (χ1n) is 5.33. The Balaban J connectivity index is 2.97. The van der Waals surface area contributed by atoms with E-state index in [1.165, 1.54) is 12.1 Å². The number of hydrogen-bond donors (Lipinski definition) is 2. The molecule has 0 fully saturated rings. The van der Waals surface area contributed by atoms with Gasteiger partial charge in [0.05, 0.1) is 0 Å². The van der Waals surface area contributed by atoms with Crippen LogP contribution in [-0.4, -0.2) is 17.6 Å². The van der Waals surface area contributed by atoms with Gasteiger partial charge in [-0.2, -0.15) is 0 Å². The third kappa shape index (κ3) is 3.49. The molecule has 1 atom stereocenters. The number of carbonyl (C=O) groups is 1. The van der Waals surface area contributed by atoms with Crippen molar-refractivity contribution in [1.82, 2.24) is 5.32 Å². The monoisotopic (exact) mass is 243 g/mol. The summed E-state index contributed by atoms with van der Waals surface area (Å²) in [4.78, 5) is 11.0. The molecule has 0 aliphatic carbocycles. The Bertz CT molecular complexity index is 407. The number of rotatable bonds is 5. The van der Waals surface area contributed by atoms with Crippen LogP contribution in [0.4, 0.5) is 8.78 Å². The standard InChI is InChI=1S/C12H15F2NO2/c1-7(2)6-15-11(12(16)17)8-4-3-5-9(13)10(8)14/h3-5,7,11,15H,6H2,1-2H3,(H,16,17). The molecule has 0 saturated carbocycles. The van der Waals surface area contributed by atoms with Gasteiger partial charge in [-0.25, -0.2) is 8.78 Å². The second kappa shape index (κ2) is 5.72. The number of carboxylic acids is 1. The van der Waals surface area contributed by atoms with E-state index in [2.05, 4.69) is 5.32 Å². The van der Waals surface area contributed by atoms with Crippen LogP contribution >= 0.6 is 0 Å². The number of carboxylic acid groups (broad SMARTS) is 1. The number of hydrogen-bond acceptors (Lipinski definition) is 2. The summed E-state index contributed by atoms with van der Waals surface area (Å²) in [7, 11) is 0. The third-order valence-electron chi connectivity index (χ3n) is 2.27. The minimum atomic E-state index is -1.23. The van der Waals surface area contributed by atoms with Gasteiger partial charge >= 0.3 is 5.97 Å². The van der Waals surface area contributed by atoms with Crippen molar-refractivity contribution in [3.8, 4) is 0 Å². The number of halogens is 2. The maximum Gasteiger partial charge on any atom is 0.325 e. The third-order valence-corrected chi connectivity index (χ3v) is 2.27. The molecule has 1 rings (SSSR count). The van der Waals surface area contributed by atoms with Gasteiger partial charge in [0, 0.05) is 5.56 Å². The fraction of sp³-hybridized carbons (Fsp3) is 0.417. The van der Waals surface area contributed by atoms with E-state index < -0.39 is 23.6 Å². The van der Waals surface area contributed by atoms with Crippen LogP contribution in [0.2, 0.25) is 0 Å². The molecule has 0 aliphatic heterocycles. The van der Waals surface area contributed by atoms with Crippen molar-refractivity contribution in [2.24, 2.45) is 5.92 Å². The van der Waals surface area contributed by atoms with E-state index in [-0.39, 0.29) is 11.5 Å². The summed E-state index contributed by atoms with van der Waals surface area (Å²) in [5, 5.41) is 11.7. The molecule has 0 heterocycles. The summed E-state index contributed by atoms with van der Waals surface area (Å²) >= 11 is 0. The van der Waals surface area contributed by atoms with Gasteiger partial charge < -0.3 is 10.4 Å². The van der Waals surface area contributed by atoms with Crippen molar-refractivity contribution < 1.29 is 18.7 Å². The van der Waals surface area contributed by atoms with Gasteiger partial charge in [0.2, 0.25) is 0 Å². The fourth-order valence-corrected chi connectivity index (χ4v) is 1.43. The second-order valence-electron chi connectivity index (χ2n) is 4.22. The molecule has 0 saturated heterocycles. The van der Waals surface area contributed by atoms with Crippen molar-refractivity contribution in [3.63, 3.8) is 0 Å². The van der Waals surface area contributed by atoms with E-state index in [0.29, 0.717) is 6.54 Å². The molecule has 1 unspecified atom stereocenters. The minimum Gasteiger partial charge on any atom is -0.480 e. The molecule has 0 spiro atoms. The Labute approximate surface area is 98.5 Å². The first-order valence-corrected chi connectivity index (χ1v) is 5.33. The molecule has 1 aromatic rings. The van der Waals surface area contributed by atoms with Crippen LogP contribution in [0.25, 0.3) is 0 Å². The molecule has 0 amide bonds. The number of benzene rings is 1. The highest BCUT2D eigenvalue weighted by molar-refractivity contribution is 5.75. The molecule has 3 nitrogen and oxygen atoms in total. The van der Waals surface area contributed by atoms with Gasteiger partial charge in [0.25, 0.3) is 0 Å². The Morgan fingerprint density at radius 2 is 2.06 bits per heavy atom. The van der Waals surface area contributed by atoms with Gasteiger partial charge in [0.1, 0.15) is 6.04 Å². The van der Waals surface area contributed by atoms with Crippen molar-refractivity contribution in [1.29, 1.82) is 0 Å². The van der Waals surface area contributed by atoms with Crippen molar-refractivity contribution in [3.05, 3.63) is 35.4 Å². The quantitative estimate of drug-likeness (QED) is 0.834. The largest absolute Gasteiger partial charge is 0.480 e. The molecule has 0 bridgehead atoms. The van der Waals surface area contributed by atoms with Gasteiger partial charge in [0.15, 0.2) is 11.6 Å². The van der Waals surface area contributed by atoms with Crippen molar-refractivity contribution in [2.45, 2.75) is 19.9 Å². The topological polar surface area (TPSA) is 49.3 Å². The summed E-state index contributed by atoms with van der Waals surface area (Å²) in [5.41, 5.74) is -0.182. The highest BCUT2D eigenvalue weighted by Gasteiger charge is 2.24. The van der Waals surface area contributed by atoms with Crippen molar-refractivity contribution >= 4 is 5.97 Å². The molecule has 17 heavy (non-hydrogen) atoms. The fourth-order valence-electron chi connectivity index (χ4n) is 1.43. The molecule has 94 valence electrons. The Morgan fingerprint density at radius 1 is 1.41 bits per heavy atom. The summed E-state index contributed by atoms with van der Waals surface area (Å²) in [6.07, 6.45) is 0. The predicted molar refractivity (Wildman–Crippen MR) is 59.6 cm³/mol. The molecule has 0 aromatic heterocycles. The molecule has 1 aromatic carbocycles. The van der Waals surface area contributed by atoms with Crippen LogP contribution in [0.15, 0.2) is 18.2 Å². The smallest absolute Gasteiger partial charge is 0.325 e. The van der Waals surface area contributed by atoms with E-state index in [1.54, 1.807) is 0 Å². The SMILES string of the molecule is CC(C)CNC(C(=O)O)c1cccc(F)c1F. The van der Waals surface area contributed by atoms with Gasteiger partial charge in [-0.1, -0.05) is 26.0 Å². The lowest BCUT2D eigenvalue weighted by Gasteiger charge is -2.17. The highest BCUT2D eigenvalue weighted by Crippen LogP contribution is 2.19. The Hall–Kier alpha value is -1.49.